The van der Waals surface area contributed by atoms with Crippen molar-refractivity contribution in [2.75, 3.05) is 11.9 Å². The third-order valence-electron chi connectivity index (χ3n) is 8.71. The largest absolute Gasteiger partial charge is 0.334 e. The van der Waals surface area contributed by atoms with Crippen molar-refractivity contribution in [3.05, 3.63) is 64.7 Å². The first-order valence-corrected chi connectivity index (χ1v) is 12.5. The molecular formula is C28H30F2N2O2. The Bertz CT molecular complexity index is 1110. The van der Waals surface area contributed by atoms with Gasteiger partial charge in [-0.3, -0.25) is 9.59 Å². The number of nitrogens with zero attached hydrogens (tertiary/aromatic N) is 1. The summed E-state index contributed by atoms with van der Waals surface area (Å²) in [5, 5.41) is 3.12. The van der Waals surface area contributed by atoms with Crippen LogP contribution in [-0.4, -0.2) is 23.3 Å². The fourth-order valence-electron chi connectivity index (χ4n) is 7.76. The molecule has 0 unspecified atom stereocenters. The Hall–Kier alpha value is -2.76. The van der Waals surface area contributed by atoms with E-state index in [2.05, 4.69) is 5.32 Å². The Morgan fingerprint density at radius 1 is 0.971 bits per heavy atom. The van der Waals surface area contributed by atoms with Crippen LogP contribution in [0, 0.1) is 34.8 Å². The van der Waals surface area contributed by atoms with E-state index in [1.807, 2.05) is 6.07 Å². The predicted octanol–water partition coefficient (Wildman–Crippen LogP) is 5.71. The normalized spacial score (nSPS) is 29.3. The molecule has 2 amide bonds. The quantitative estimate of drug-likeness (QED) is 0.616. The highest BCUT2D eigenvalue weighted by atomic mass is 19.1. The Morgan fingerprint density at radius 2 is 1.59 bits per heavy atom. The molecule has 4 nitrogen and oxygen atoms in total. The van der Waals surface area contributed by atoms with Crippen molar-refractivity contribution in [2.45, 2.75) is 57.9 Å². The molecule has 1 N–H and O–H groups in total. The SMILES string of the molecule is O=C(CC12CC3CC(CC(C3)C1)C2)Nc1cccc2c1CCN(Cc1c(F)cccc1F)C2=O. The van der Waals surface area contributed by atoms with Crippen LogP contribution in [-0.2, 0) is 17.8 Å². The van der Waals surface area contributed by atoms with E-state index in [9.17, 15) is 18.4 Å². The van der Waals surface area contributed by atoms with Crippen molar-refractivity contribution in [3.63, 3.8) is 0 Å². The molecule has 178 valence electrons. The summed E-state index contributed by atoms with van der Waals surface area (Å²) < 4.78 is 28.2. The Kier molecular flexibility index (Phi) is 5.23. The van der Waals surface area contributed by atoms with Crippen molar-refractivity contribution in [2.24, 2.45) is 23.2 Å². The molecule has 0 aromatic heterocycles. The molecule has 5 aliphatic rings. The van der Waals surface area contributed by atoms with Crippen LogP contribution in [0.15, 0.2) is 36.4 Å². The molecule has 1 heterocycles. The Labute approximate surface area is 198 Å². The van der Waals surface area contributed by atoms with Crippen LogP contribution in [0.2, 0.25) is 0 Å². The monoisotopic (exact) mass is 464 g/mol. The number of nitrogens with one attached hydrogen (secondary N) is 1. The van der Waals surface area contributed by atoms with Gasteiger partial charge in [-0.25, -0.2) is 8.78 Å². The van der Waals surface area contributed by atoms with Crippen LogP contribution >= 0.6 is 0 Å². The minimum Gasteiger partial charge on any atom is -0.334 e. The zero-order chi connectivity index (χ0) is 23.4. The number of carbonyl (C=O) groups is 2. The van der Waals surface area contributed by atoms with Crippen LogP contribution in [0.4, 0.5) is 14.5 Å². The molecule has 0 radical (unpaired) electrons. The number of fused-ring (bicyclic) bond motifs is 1. The second-order valence-corrected chi connectivity index (χ2v) is 11.2. The lowest BCUT2D eigenvalue weighted by atomic mass is 9.49. The van der Waals surface area contributed by atoms with E-state index in [0.29, 0.717) is 30.6 Å². The van der Waals surface area contributed by atoms with E-state index in [0.717, 1.165) is 23.3 Å². The van der Waals surface area contributed by atoms with Crippen molar-refractivity contribution in [1.82, 2.24) is 4.90 Å². The first-order chi connectivity index (χ1) is 16.4. The number of hydrogen-bond donors (Lipinski definition) is 1. The first kappa shape index (κ1) is 21.8. The van der Waals surface area contributed by atoms with E-state index >= 15 is 0 Å². The van der Waals surface area contributed by atoms with Crippen LogP contribution in [0.1, 0.15) is 66.4 Å². The lowest BCUT2D eigenvalue weighted by Crippen LogP contribution is -2.47. The summed E-state index contributed by atoms with van der Waals surface area (Å²) in [6.45, 7) is 0.237. The molecule has 1 aliphatic heterocycles. The van der Waals surface area contributed by atoms with Crippen LogP contribution in [0.3, 0.4) is 0 Å². The average molecular weight is 465 g/mol. The number of benzene rings is 2. The summed E-state index contributed by atoms with van der Waals surface area (Å²) in [5.74, 6) is 0.873. The van der Waals surface area contributed by atoms with Crippen LogP contribution in [0.5, 0.6) is 0 Å². The number of rotatable bonds is 5. The predicted molar refractivity (Wildman–Crippen MR) is 125 cm³/mol. The summed E-state index contributed by atoms with van der Waals surface area (Å²) in [7, 11) is 0. The lowest BCUT2D eigenvalue weighted by Gasteiger charge is -2.56. The minimum absolute atomic E-state index is 0.0404. The molecule has 6 heteroatoms. The molecule has 0 saturated heterocycles. The van der Waals surface area contributed by atoms with Crippen molar-refractivity contribution < 1.29 is 18.4 Å². The van der Waals surface area contributed by atoms with Gasteiger partial charge in [-0.2, -0.15) is 0 Å². The smallest absolute Gasteiger partial charge is 0.254 e. The Morgan fingerprint density at radius 3 is 2.24 bits per heavy atom. The molecule has 4 fully saturated rings. The second kappa shape index (κ2) is 8.17. The molecule has 0 atom stereocenters. The fourth-order valence-corrected chi connectivity index (χ4v) is 7.76. The van der Waals surface area contributed by atoms with Gasteiger partial charge in [0.15, 0.2) is 0 Å². The molecule has 4 aliphatic carbocycles. The maximum Gasteiger partial charge on any atom is 0.254 e. The van der Waals surface area contributed by atoms with Gasteiger partial charge < -0.3 is 10.2 Å². The van der Waals surface area contributed by atoms with Gasteiger partial charge in [-0.1, -0.05) is 12.1 Å². The van der Waals surface area contributed by atoms with E-state index in [1.165, 1.54) is 61.6 Å². The summed E-state index contributed by atoms with van der Waals surface area (Å²) in [5.41, 5.74) is 2.06. The summed E-state index contributed by atoms with van der Waals surface area (Å²) in [6.07, 6.45) is 8.68. The molecule has 2 aromatic carbocycles. The van der Waals surface area contributed by atoms with Gasteiger partial charge >= 0.3 is 0 Å². The van der Waals surface area contributed by atoms with Gasteiger partial charge in [-0.05, 0) is 97.9 Å². The number of anilines is 1. The maximum atomic E-state index is 14.1. The van der Waals surface area contributed by atoms with Crippen LogP contribution < -0.4 is 5.32 Å². The zero-order valence-electron chi connectivity index (χ0n) is 19.3. The molecular weight excluding hydrogens is 434 g/mol. The lowest BCUT2D eigenvalue weighted by molar-refractivity contribution is -0.124. The topological polar surface area (TPSA) is 49.4 Å². The first-order valence-electron chi connectivity index (χ1n) is 12.5. The van der Waals surface area contributed by atoms with Crippen molar-refractivity contribution in [3.8, 4) is 0 Å². The molecule has 34 heavy (non-hydrogen) atoms. The summed E-state index contributed by atoms with van der Waals surface area (Å²) >= 11 is 0. The standard InChI is InChI=1S/C28H30F2N2O2/c29-23-4-2-5-24(30)22(23)16-32-8-7-20-21(27(32)34)3-1-6-25(20)31-26(33)15-28-12-17-9-18(13-28)11-19(10-17)14-28/h1-6,17-19H,7-16H2,(H,31,33). The third kappa shape index (κ3) is 3.81. The van der Waals surface area contributed by atoms with Crippen molar-refractivity contribution in [1.29, 1.82) is 0 Å². The second-order valence-electron chi connectivity index (χ2n) is 11.2. The van der Waals surface area contributed by atoms with Crippen LogP contribution in [0.25, 0.3) is 0 Å². The summed E-state index contributed by atoms with van der Waals surface area (Å²) in [6, 6.07) is 9.09. The maximum absolute atomic E-state index is 14.1. The van der Waals surface area contributed by atoms with Gasteiger partial charge in [0, 0.05) is 29.8 Å². The number of amides is 2. The zero-order valence-corrected chi connectivity index (χ0v) is 19.3. The molecule has 4 bridgehead atoms. The summed E-state index contributed by atoms with van der Waals surface area (Å²) in [4.78, 5) is 27.8. The third-order valence-corrected chi connectivity index (χ3v) is 8.71. The van der Waals surface area contributed by atoms with Crippen molar-refractivity contribution >= 4 is 17.5 Å². The highest BCUT2D eigenvalue weighted by Crippen LogP contribution is 2.61. The number of carbonyl (C=O) groups excluding carboxylic acids is 2. The van der Waals surface area contributed by atoms with Gasteiger partial charge in [0.05, 0.1) is 6.54 Å². The number of hydrogen-bond acceptors (Lipinski definition) is 2. The van der Waals surface area contributed by atoms with Gasteiger partial charge in [0.25, 0.3) is 5.91 Å². The number of halogens is 2. The minimum atomic E-state index is -0.649. The molecule has 7 rings (SSSR count). The average Bonchev–Trinajstić information content (AvgIpc) is 2.77. The van der Waals surface area contributed by atoms with Gasteiger partial charge in [0.1, 0.15) is 11.6 Å². The van der Waals surface area contributed by atoms with E-state index in [1.54, 1.807) is 12.1 Å². The molecule has 0 spiro atoms. The van der Waals surface area contributed by atoms with E-state index in [4.69, 9.17) is 0 Å². The van der Waals surface area contributed by atoms with Gasteiger partial charge in [-0.15, -0.1) is 0 Å². The molecule has 2 aromatic rings. The highest BCUT2D eigenvalue weighted by molar-refractivity contribution is 6.00. The molecule has 4 saturated carbocycles. The van der Waals surface area contributed by atoms with E-state index in [-0.39, 0.29) is 29.3 Å². The van der Waals surface area contributed by atoms with Gasteiger partial charge in [0.2, 0.25) is 5.91 Å². The highest BCUT2D eigenvalue weighted by Gasteiger charge is 2.51. The van der Waals surface area contributed by atoms with E-state index < -0.39 is 11.6 Å². The Balaban J connectivity index is 1.17. The fraction of sp³-hybridized carbons (Fsp3) is 0.500.